The molecule has 0 amide bonds. The predicted octanol–water partition coefficient (Wildman–Crippen LogP) is 0.958. The standard InChI is InChI=1S/C12H16N4O2/c1-16-12(14-11(7-13)15-16)9-6-8(17-2)4-5-10(9)18-3/h4-6H,7,13H2,1-3H3. The Bertz CT molecular complexity index is 551. The zero-order valence-electron chi connectivity index (χ0n) is 10.7. The highest BCUT2D eigenvalue weighted by Gasteiger charge is 2.14. The van der Waals surface area contributed by atoms with Gasteiger partial charge in [-0.2, -0.15) is 5.10 Å². The molecule has 0 spiro atoms. The van der Waals surface area contributed by atoms with Crippen LogP contribution < -0.4 is 15.2 Å². The van der Waals surface area contributed by atoms with Crippen LogP contribution in [0.1, 0.15) is 5.82 Å². The van der Waals surface area contributed by atoms with E-state index in [4.69, 9.17) is 15.2 Å². The van der Waals surface area contributed by atoms with Gasteiger partial charge in [-0.3, -0.25) is 0 Å². The zero-order valence-corrected chi connectivity index (χ0v) is 10.7. The monoisotopic (exact) mass is 248 g/mol. The molecule has 1 aromatic heterocycles. The van der Waals surface area contributed by atoms with Gasteiger partial charge in [0, 0.05) is 7.05 Å². The van der Waals surface area contributed by atoms with Crippen molar-refractivity contribution in [3.8, 4) is 22.9 Å². The maximum Gasteiger partial charge on any atom is 0.164 e. The predicted molar refractivity (Wildman–Crippen MR) is 67.4 cm³/mol. The van der Waals surface area contributed by atoms with Gasteiger partial charge in [-0.15, -0.1) is 0 Å². The van der Waals surface area contributed by atoms with Crippen LogP contribution in [0.5, 0.6) is 11.5 Å². The van der Waals surface area contributed by atoms with Crippen LogP contribution in [0.25, 0.3) is 11.4 Å². The van der Waals surface area contributed by atoms with Crippen molar-refractivity contribution in [2.75, 3.05) is 14.2 Å². The van der Waals surface area contributed by atoms with Gasteiger partial charge in [0.25, 0.3) is 0 Å². The van der Waals surface area contributed by atoms with Crippen molar-refractivity contribution in [3.05, 3.63) is 24.0 Å². The first-order chi connectivity index (χ1) is 8.69. The van der Waals surface area contributed by atoms with Gasteiger partial charge in [0.2, 0.25) is 0 Å². The highest BCUT2D eigenvalue weighted by molar-refractivity contribution is 5.66. The molecule has 6 nitrogen and oxygen atoms in total. The number of aromatic nitrogens is 3. The third kappa shape index (κ3) is 2.14. The van der Waals surface area contributed by atoms with Crippen LogP contribution in [0, 0.1) is 0 Å². The number of aryl methyl sites for hydroxylation is 1. The van der Waals surface area contributed by atoms with Crippen molar-refractivity contribution in [3.63, 3.8) is 0 Å². The fourth-order valence-electron chi connectivity index (χ4n) is 1.75. The first-order valence-electron chi connectivity index (χ1n) is 5.52. The van der Waals surface area contributed by atoms with Crippen LogP contribution in [-0.4, -0.2) is 29.0 Å². The summed E-state index contributed by atoms with van der Waals surface area (Å²) in [6.07, 6.45) is 0. The molecule has 0 bridgehead atoms. The molecule has 0 radical (unpaired) electrons. The summed E-state index contributed by atoms with van der Waals surface area (Å²) in [7, 11) is 5.06. The van der Waals surface area contributed by atoms with Gasteiger partial charge in [-0.1, -0.05) is 0 Å². The van der Waals surface area contributed by atoms with E-state index < -0.39 is 0 Å². The second-order valence-electron chi connectivity index (χ2n) is 3.75. The molecule has 0 saturated carbocycles. The van der Waals surface area contributed by atoms with E-state index in [0.717, 1.165) is 17.1 Å². The molecule has 0 fully saturated rings. The van der Waals surface area contributed by atoms with Gasteiger partial charge >= 0.3 is 0 Å². The normalized spacial score (nSPS) is 10.4. The van der Waals surface area contributed by atoms with Crippen LogP contribution >= 0.6 is 0 Å². The van der Waals surface area contributed by atoms with Gasteiger partial charge in [0.1, 0.15) is 11.5 Å². The summed E-state index contributed by atoms with van der Waals surface area (Å²) in [6.45, 7) is 0.306. The first-order valence-corrected chi connectivity index (χ1v) is 5.52. The summed E-state index contributed by atoms with van der Waals surface area (Å²) in [5.41, 5.74) is 6.37. The van der Waals surface area contributed by atoms with E-state index in [1.165, 1.54) is 0 Å². The average Bonchev–Trinajstić information content (AvgIpc) is 2.79. The van der Waals surface area contributed by atoms with E-state index in [2.05, 4.69) is 10.1 Å². The number of hydrogen-bond acceptors (Lipinski definition) is 5. The Morgan fingerprint density at radius 1 is 1.28 bits per heavy atom. The molecule has 0 unspecified atom stereocenters. The smallest absolute Gasteiger partial charge is 0.164 e. The third-order valence-electron chi connectivity index (χ3n) is 2.64. The maximum absolute atomic E-state index is 5.54. The van der Waals surface area contributed by atoms with E-state index >= 15 is 0 Å². The number of hydrogen-bond donors (Lipinski definition) is 1. The van der Waals surface area contributed by atoms with Crippen molar-refractivity contribution in [1.29, 1.82) is 0 Å². The third-order valence-corrected chi connectivity index (χ3v) is 2.64. The Morgan fingerprint density at radius 3 is 2.61 bits per heavy atom. The SMILES string of the molecule is COc1ccc(OC)c(-c2nc(CN)nn2C)c1. The highest BCUT2D eigenvalue weighted by Crippen LogP contribution is 2.31. The molecule has 2 aromatic rings. The summed E-state index contributed by atoms with van der Waals surface area (Å²) < 4.78 is 12.2. The molecule has 1 heterocycles. The number of methoxy groups -OCH3 is 2. The number of ether oxygens (including phenoxy) is 2. The molecule has 2 N–H and O–H groups in total. The van der Waals surface area contributed by atoms with E-state index in [1.807, 2.05) is 25.2 Å². The molecule has 0 aliphatic heterocycles. The Hall–Kier alpha value is -2.08. The average molecular weight is 248 g/mol. The van der Waals surface area contributed by atoms with Gasteiger partial charge in [-0.25, -0.2) is 9.67 Å². The Morgan fingerprint density at radius 2 is 2.06 bits per heavy atom. The number of rotatable bonds is 4. The summed E-state index contributed by atoms with van der Waals surface area (Å²) in [5.74, 6) is 2.75. The molecule has 6 heteroatoms. The molecule has 96 valence electrons. The van der Waals surface area contributed by atoms with Gasteiger partial charge in [0.05, 0.1) is 26.3 Å². The highest BCUT2D eigenvalue weighted by atomic mass is 16.5. The topological polar surface area (TPSA) is 75.2 Å². The minimum atomic E-state index is 0.306. The summed E-state index contributed by atoms with van der Waals surface area (Å²) in [6, 6.07) is 5.54. The molecular formula is C12H16N4O2. The lowest BCUT2D eigenvalue weighted by molar-refractivity contribution is 0.404. The second kappa shape index (κ2) is 5.05. The van der Waals surface area contributed by atoms with Crippen molar-refractivity contribution >= 4 is 0 Å². The molecular weight excluding hydrogens is 232 g/mol. The largest absolute Gasteiger partial charge is 0.497 e. The minimum Gasteiger partial charge on any atom is -0.497 e. The van der Waals surface area contributed by atoms with Crippen LogP contribution in [-0.2, 0) is 13.6 Å². The van der Waals surface area contributed by atoms with E-state index in [1.54, 1.807) is 18.9 Å². The van der Waals surface area contributed by atoms with Crippen LogP contribution in [0.3, 0.4) is 0 Å². The van der Waals surface area contributed by atoms with Gasteiger partial charge in [0.15, 0.2) is 11.6 Å². The lowest BCUT2D eigenvalue weighted by Crippen LogP contribution is -1.99. The first kappa shape index (κ1) is 12.4. The van der Waals surface area contributed by atoms with Crippen molar-refractivity contribution in [2.45, 2.75) is 6.54 Å². The lowest BCUT2D eigenvalue weighted by Gasteiger charge is -2.09. The van der Waals surface area contributed by atoms with Crippen LogP contribution in [0.4, 0.5) is 0 Å². The van der Waals surface area contributed by atoms with Gasteiger partial charge in [-0.05, 0) is 18.2 Å². The quantitative estimate of drug-likeness (QED) is 0.872. The molecule has 18 heavy (non-hydrogen) atoms. The lowest BCUT2D eigenvalue weighted by atomic mass is 10.1. The Labute approximate surface area is 105 Å². The second-order valence-corrected chi connectivity index (χ2v) is 3.75. The number of nitrogens with zero attached hydrogens (tertiary/aromatic N) is 3. The van der Waals surface area contributed by atoms with E-state index in [9.17, 15) is 0 Å². The fraction of sp³-hybridized carbons (Fsp3) is 0.333. The summed E-state index contributed by atoms with van der Waals surface area (Å²) >= 11 is 0. The number of nitrogens with two attached hydrogens (primary N) is 1. The maximum atomic E-state index is 5.54. The number of benzene rings is 1. The fourth-order valence-corrected chi connectivity index (χ4v) is 1.75. The van der Waals surface area contributed by atoms with E-state index in [0.29, 0.717) is 18.2 Å². The Kier molecular flexibility index (Phi) is 3.47. The molecule has 2 rings (SSSR count). The molecule has 1 aromatic carbocycles. The summed E-state index contributed by atoms with van der Waals surface area (Å²) in [5, 5.41) is 4.22. The van der Waals surface area contributed by atoms with Crippen LogP contribution in [0.15, 0.2) is 18.2 Å². The van der Waals surface area contributed by atoms with E-state index in [-0.39, 0.29) is 0 Å². The molecule has 0 atom stereocenters. The van der Waals surface area contributed by atoms with Gasteiger partial charge < -0.3 is 15.2 Å². The zero-order chi connectivity index (χ0) is 13.1. The van der Waals surface area contributed by atoms with Crippen LogP contribution in [0.2, 0.25) is 0 Å². The van der Waals surface area contributed by atoms with Crippen molar-refractivity contribution in [2.24, 2.45) is 12.8 Å². The minimum absolute atomic E-state index is 0.306. The van der Waals surface area contributed by atoms with Crippen molar-refractivity contribution < 1.29 is 9.47 Å². The Balaban J connectivity index is 2.56. The molecule has 0 aliphatic rings. The molecule has 0 aliphatic carbocycles. The van der Waals surface area contributed by atoms with Crippen molar-refractivity contribution in [1.82, 2.24) is 14.8 Å². The summed E-state index contributed by atoms with van der Waals surface area (Å²) in [4.78, 5) is 4.37. The molecule has 0 saturated heterocycles.